The van der Waals surface area contributed by atoms with Crippen LogP contribution in [0.15, 0.2) is 53.4 Å². The number of ether oxygens (including phenoxy) is 1. The topological polar surface area (TPSA) is 96.3 Å². The van der Waals surface area contributed by atoms with Gasteiger partial charge >= 0.3 is 5.97 Å². The highest BCUT2D eigenvalue weighted by Gasteiger charge is 2.25. The monoisotopic (exact) mass is 378 g/mol. The van der Waals surface area contributed by atoms with Crippen LogP contribution in [-0.4, -0.2) is 21.5 Å². The summed E-state index contributed by atoms with van der Waals surface area (Å²) < 4.78 is 32.3. The molecule has 0 saturated carbocycles. The summed E-state index contributed by atoms with van der Waals surface area (Å²) in [5, 5.41) is 9.13. The second kappa shape index (κ2) is 8.12. The zero-order valence-electron chi connectivity index (χ0n) is 13.3. The number of halogens is 1. The number of benzene rings is 2. The normalized spacial score (nSPS) is 12.2. The first-order chi connectivity index (χ1) is 11.9. The highest BCUT2D eigenvalue weighted by Crippen LogP contribution is 2.27. The summed E-state index contributed by atoms with van der Waals surface area (Å²) >= 11 is 6.14. The van der Waals surface area contributed by atoms with E-state index in [-0.39, 0.29) is 11.3 Å². The van der Waals surface area contributed by atoms with Crippen LogP contribution in [0.2, 0.25) is 5.02 Å². The van der Waals surface area contributed by atoms with Crippen LogP contribution in [0.1, 0.15) is 23.6 Å². The highest BCUT2D eigenvalue weighted by molar-refractivity contribution is 7.89. The average Bonchev–Trinajstić information content (AvgIpc) is 2.61. The third-order valence-corrected chi connectivity index (χ3v) is 5.30. The second-order valence-corrected chi connectivity index (χ2v) is 7.23. The van der Waals surface area contributed by atoms with Gasteiger partial charge in [0.15, 0.2) is 0 Å². The molecular formula is C17H15ClN2O4S. The summed E-state index contributed by atoms with van der Waals surface area (Å²) in [6.07, 6.45) is -0.213. The van der Waals surface area contributed by atoms with Crippen LogP contribution in [0.4, 0.5) is 0 Å². The maximum atomic E-state index is 12.6. The Morgan fingerprint density at radius 3 is 2.44 bits per heavy atom. The number of sulfonamides is 1. The first kappa shape index (κ1) is 18.9. The molecule has 0 radical (unpaired) electrons. The van der Waals surface area contributed by atoms with Crippen molar-refractivity contribution in [2.75, 3.05) is 7.11 Å². The van der Waals surface area contributed by atoms with Crippen molar-refractivity contribution in [2.45, 2.75) is 17.4 Å². The van der Waals surface area contributed by atoms with E-state index in [2.05, 4.69) is 9.46 Å². The molecule has 0 aromatic heterocycles. The molecule has 2 rings (SSSR count). The Bertz CT molecular complexity index is 905. The first-order valence-corrected chi connectivity index (χ1v) is 9.07. The van der Waals surface area contributed by atoms with Gasteiger partial charge in [-0.05, 0) is 35.9 Å². The van der Waals surface area contributed by atoms with Crippen LogP contribution >= 0.6 is 11.6 Å². The van der Waals surface area contributed by atoms with Crippen molar-refractivity contribution in [3.63, 3.8) is 0 Å². The van der Waals surface area contributed by atoms with Crippen LogP contribution < -0.4 is 4.72 Å². The van der Waals surface area contributed by atoms with E-state index in [1.807, 2.05) is 6.07 Å². The number of hydrogen-bond acceptors (Lipinski definition) is 5. The highest BCUT2D eigenvalue weighted by atomic mass is 35.5. The number of esters is 1. The summed E-state index contributed by atoms with van der Waals surface area (Å²) in [6, 6.07) is 13.1. The van der Waals surface area contributed by atoms with Crippen molar-refractivity contribution in [1.82, 2.24) is 4.72 Å². The lowest BCUT2D eigenvalue weighted by atomic mass is 10.1. The minimum atomic E-state index is -3.93. The van der Waals surface area contributed by atoms with E-state index in [4.69, 9.17) is 16.9 Å². The number of rotatable bonds is 6. The maximum Gasteiger partial charge on any atom is 0.307 e. The van der Waals surface area contributed by atoms with Crippen molar-refractivity contribution in [2.24, 2.45) is 0 Å². The molecule has 0 saturated heterocycles. The van der Waals surface area contributed by atoms with Gasteiger partial charge in [0, 0.05) is 5.02 Å². The van der Waals surface area contributed by atoms with Gasteiger partial charge in [0.05, 0.1) is 36.1 Å². The molecule has 0 heterocycles. The van der Waals surface area contributed by atoms with Crippen molar-refractivity contribution >= 4 is 27.6 Å². The molecule has 0 spiro atoms. The average molecular weight is 379 g/mol. The van der Waals surface area contributed by atoms with Crippen LogP contribution in [0.5, 0.6) is 0 Å². The molecule has 130 valence electrons. The minimum Gasteiger partial charge on any atom is -0.469 e. The molecular weight excluding hydrogens is 364 g/mol. The van der Waals surface area contributed by atoms with Gasteiger partial charge < -0.3 is 4.74 Å². The molecule has 0 amide bonds. The molecule has 8 heteroatoms. The third-order valence-electron chi connectivity index (χ3n) is 3.47. The molecule has 0 aliphatic heterocycles. The second-order valence-electron chi connectivity index (χ2n) is 5.11. The molecule has 0 aliphatic rings. The number of nitriles is 1. The van der Waals surface area contributed by atoms with Crippen LogP contribution in [0.3, 0.4) is 0 Å². The van der Waals surface area contributed by atoms with E-state index >= 15 is 0 Å². The van der Waals surface area contributed by atoms with Crippen molar-refractivity contribution in [3.8, 4) is 6.07 Å². The number of nitrogens with one attached hydrogen (secondary N) is 1. The predicted octanol–water partition coefficient (Wildman–Crippen LogP) is 2.79. The zero-order valence-corrected chi connectivity index (χ0v) is 14.8. The number of nitrogens with zero attached hydrogens (tertiary/aromatic N) is 1. The van der Waals surface area contributed by atoms with Crippen molar-refractivity contribution < 1.29 is 17.9 Å². The summed E-state index contributed by atoms with van der Waals surface area (Å²) in [5.41, 5.74) is 0.808. The first-order valence-electron chi connectivity index (χ1n) is 7.21. The van der Waals surface area contributed by atoms with E-state index in [0.717, 1.165) is 0 Å². The Balaban J connectivity index is 2.36. The van der Waals surface area contributed by atoms with E-state index in [9.17, 15) is 13.2 Å². The fourth-order valence-corrected chi connectivity index (χ4v) is 3.67. The van der Waals surface area contributed by atoms with Gasteiger partial charge in [-0.25, -0.2) is 13.1 Å². The fourth-order valence-electron chi connectivity index (χ4n) is 2.19. The number of hydrogen-bond donors (Lipinski definition) is 1. The van der Waals surface area contributed by atoms with Crippen molar-refractivity contribution in [1.29, 1.82) is 5.26 Å². The lowest BCUT2D eigenvalue weighted by molar-refractivity contribution is -0.141. The molecule has 25 heavy (non-hydrogen) atoms. The van der Waals surface area contributed by atoms with Gasteiger partial charge in [0.25, 0.3) is 0 Å². The standard InChI is InChI=1S/C17H15ClN2O4S/c1-24-17(21)10-16(14-4-2-3-5-15(14)18)20-25(22,23)13-8-6-12(11-19)7-9-13/h2-9,16,20H,10H2,1H3. The van der Waals surface area contributed by atoms with E-state index in [1.54, 1.807) is 24.3 Å². The SMILES string of the molecule is COC(=O)CC(NS(=O)(=O)c1ccc(C#N)cc1)c1ccccc1Cl. The predicted molar refractivity (Wildman–Crippen MR) is 92.3 cm³/mol. The fraction of sp³-hybridized carbons (Fsp3) is 0.176. The molecule has 6 nitrogen and oxygen atoms in total. The lowest BCUT2D eigenvalue weighted by Crippen LogP contribution is -2.30. The Labute approximate surface area is 151 Å². The number of carbonyl (C=O) groups is 1. The minimum absolute atomic E-state index is 0.0200. The Morgan fingerprint density at radius 2 is 1.88 bits per heavy atom. The summed E-state index contributed by atoms with van der Waals surface area (Å²) in [6.45, 7) is 0. The Hall–Kier alpha value is -2.40. The van der Waals surface area contributed by atoms with Gasteiger partial charge in [-0.3, -0.25) is 4.79 Å². The molecule has 1 atom stereocenters. The number of carbonyl (C=O) groups excluding carboxylic acids is 1. The van der Waals surface area contributed by atoms with E-state index in [1.165, 1.54) is 31.4 Å². The van der Waals surface area contributed by atoms with Gasteiger partial charge in [-0.2, -0.15) is 5.26 Å². The third kappa shape index (κ3) is 4.79. The molecule has 1 unspecified atom stereocenters. The quantitative estimate of drug-likeness (QED) is 0.779. The van der Waals surface area contributed by atoms with Gasteiger partial charge in [0.1, 0.15) is 0 Å². The summed E-state index contributed by atoms with van der Waals surface area (Å²) in [7, 11) is -2.71. The molecule has 2 aromatic rings. The van der Waals surface area contributed by atoms with Crippen LogP contribution in [-0.2, 0) is 19.6 Å². The zero-order chi connectivity index (χ0) is 18.4. The van der Waals surface area contributed by atoms with E-state index in [0.29, 0.717) is 16.1 Å². The smallest absolute Gasteiger partial charge is 0.307 e. The van der Waals surface area contributed by atoms with Gasteiger partial charge in [0.2, 0.25) is 10.0 Å². The van der Waals surface area contributed by atoms with E-state index < -0.39 is 22.0 Å². The lowest BCUT2D eigenvalue weighted by Gasteiger charge is -2.19. The molecule has 2 aromatic carbocycles. The van der Waals surface area contributed by atoms with Gasteiger partial charge in [-0.1, -0.05) is 29.8 Å². The summed E-state index contributed by atoms with van der Waals surface area (Å²) in [5.74, 6) is -0.576. The van der Waals surface area contributed by atoms with Crippen molar-refractivity contribution in [3.05, 3.63) is 64.7 Å². The van der Waals surface area contributed by atoms with Gasteiger partial charge in [-0.15, -0.1) is 0 Å². The largest absolute Gasteiger partial charge is 0.469 e. The van der Waals surface area contributed by atoms with Crippen LogP contribution in [0.25, 0.3) is 0 Å². The molecule has 0 bridgehead atoms. The Kier molecular flexibility index (Phi) is 6.15. The molecule has 1 N–H and O–H groups in total. The molecule has 0 fully saturated rings. The summed E-state index contributed by atoms with van der Waals surface area (Å²) in [4.78, 5) is 11.7. The molecule has 0 aliphatic carbocycles. The maximum absolute atomic E-state index is 12.6. The Morgan fingerprint density at radius 1 is 1.24 bits per heavy atom. The van der Waals surface area contributed by atoms with Crippen LogP contribution in [0, 0.1) is 11.3 Å². The number of methoxy groups -OCH3 is 1.